The van der Waals surface area contributed by atoms with Crippen LogP contribution in [-0.2, 0) is 58.4 Å². The number of hydrogen-bond donors (Lipinski definition) is 0. The van der Waals surface area contributed by atoms with Gasteiger partial charge in [-0.05, 0) is 99.3 Å². The molecule has 0 saturated heterocycles. The van der Waals surface area contributed by atoms with E-state index in [2.05, 4.69) is 26.2 Å². The predicted molar refractivity (Wildman–Crippen MR) is 272 cm³/mol. The van der Waals surface area contributed by atoms with Gasteiger partial charge >= 0.3 is 0 Å². The Balaban J connectivity index is -0.000000299. The second-order valence-electron chi connectivity index (χ2n) is 15.9. The summed E-state index contributed by atoms with van der Waals surface area (Å²) in [6.07, 6.45) is 16.6. The zero-order valence-corrected chi connectivity index (χ0v) is 46.3. The molecule has 0 aromatic carbocycles. The third kappa shape index (κ3) is 32.1. The van der Waals surface area contributed by atoms with Gasteiger partial charge in [0, 0.05) is 147 Å². The van der Waals surface area contributed by atoms with Gasteiger partial charge in [0.05, 0.1) is 19.5 Å². The van der Waals surface area contributed by atoms with Crippen LogP contribution in [0.4, 0.5) is 0 Å². The van der Waals surface area contributed by atoms with Crippen molar-refractivity contribution in [2.24, 2.45) is 26.2 Å². The Hall–Kier alpha value is -0.300. The summed E-state index contributed by atoms with van der Waals surface area (Å²) < 4.78 is 91.6. The molecule has 362 valence electrons. The van der Waals surface area contributed by atoms with Crippen molar-refractivity contribution in [2.75, 3.05) is 98.8 Å². The zero-order chi connectivity index (χ0) is 47.1. The lowest BCUT2D eigenvalue weighted by Gasteiger charge is -2.26. The fourth-order valence-electron chi connectivity index (χ4n) is 5.14. The van der Waals surface area contributed by atoms with Crippen molar-refractivity contribution in [3.8, 4) is 0 Å². The first-order valence-electron chi connectivity index (χ1n) is 22.3. The second-order valence-corrected chi connectivity index (χ2v) is 32.6. The van der Waals surface area contributed by atoms with Crippen LogP contribution in [0.5, 0.6) is 0 Å². The van der Waals surface area contributed by atoms with Crippen molar-refractivity contribution in [1.29, 1.82) is 0 Å². The third-order valence-corrected chi connectivity index (χ3v) is 22.4. The molecule has 18 heteroatoms. The van der Waals surface area contributed by atoms with E-state index in [1.54, 1.807) is 25.0 Å². The first-order chi connectivity index (χ1) is 27.2. The minimum atomic E-state index is -1.88. The van der Waals surface area contributed by atoms with Crippen LogP contribution in [0.1, 0.15) is 155 Å². The van der Waals surface area contributed by atoms with Crippen LogP contribution in [-0.4, -0.2) is 134 Å². The van der Waals surface area contributed by atoms with Gasteiger partial charge in [0.2, 0.25) is 0 Å². The number of nitrogens with zero attached hydrogens (tertiary/aromatic N) is 6. The average molecular weight is 962 g/mol. The van der Waals surface area contributed by atoms with E-state index >= 15 is 0 Å². The van der Waals surface area contributed by atoms with Gasteiger partial charge in [0.1, 0.15) is 0 Å². The van der Waals surface area contributed by atoms with Gasteiger partial charge in [-0.15, -0.1) is 0 Å². The number of rotatable bonds is 0. The summed E-state index contributed by atoms with van der Waals surface area (Å²) in [7, 11) is -10.5. The Morgan fingerprint density at radius 3 is 0.576 bits per heavy atom. The fourth-order valence-corrected chi connectivity index (χ4v) is 14.7. The molecule has 0 amide bonds. The molecule has 2 unspecified atom stereocenters. The lowest BCUT2D eigenvalue weighted by atomic mass is 10.3. The topological polar surface area (TPSA) is 177 Å². The van der Waals surface area contributed by atoms with Crippen molar-refractivity contribution in [3.05, 3.63) is 0 Å². The monoisotopic (exact) mass is 961 g/mol. The number of hydrogen-bond acceptors (Lipinski definition) is 12. The van der Waals surface area contributed by atoms with Gasteiger partial charge in [-0.1, -0.05) is 55.4 Å². The summed E-state index contributed by atoms with van der Waals surface area (Å²) in [6, 6.07) is 0. The van der Waals surface area contributed by atoms with E-state index in [0.717, 1.165) is 132 Å². The third-order valence-electron chi connectivity index (χ3n) is 8.60. The van der Waals surface area contributed by atoms with Gasteiger partial charge in [0.25, 0.3) is 0 Å². The molecule has 6 atom stereocenters. The maximum Gasteiger partial charge on any atom is 0.0518 e. The molecule has 6 aliphatic heterocycles. The molecule has 6 heterocycles. The van der Waals surface area contributed by atoms with Crippen molar-refractivity contribution < 1.29 is 25.3 Å². The Morgan fingerprint density at radius 2 is 0.475 bits per heavy atom. The van der Waals surface area contributed by atoms with Crippen LogP contribution < -0.4 is 0 Å². The molecular formula is C41H96N6O6S6. The fraction of sp³-hybridized carbons (Fsp3) is 1.00. The van der Waals surface area contributed by atoms with Crippen LogP contribution in [0.2, 0.25) is 0 Å². The SMILES string of the molecule is CC.CC.CC.CC.CC(C)(C)S1(=O)=NCCC1.CC(C)(C)S1(=O)=NCCCC1.C[S@@]1(=O)=NCCC1.C[S@@]1(=O)=NCCCC1.C[S@]1(=O)=NCCC1.C[S@]1(=O)=NCCCC1. The lowest BCUT2D eigenvalue weighted by molar-refractivity contribution is 0.621. The van der Waals surface area contributed by atoms with E-state index in [4.69, 9.17) is 0 Å². The molecule has 0 spiro atoms. The summed E-state index contributed by atoms with van der Waals surface area (Å²) in [5, 5.41) is 0. The van der Waals surface area contributed by atoms with Crippen LogP contribution in [0.3, 0.4) is 0 Å². The summed E-state index contributed by atoms with van der Waals surface area (Å²) in [5.74, 6) is 4.85. The van der Waals surface area contributed by atoms with E-state index in [9.17, 15) is 25.3 Å². The molecular weight excluding hydrogens is 865 g/mol. The highest BCUT2D eigenvalue weighted by Gasteiger charge is 2.29. The minimum absolute atomic E-state index is 0.122. The maximum atomic E-state index is 12.1. The Morgan fingerprint density at radius 1 is 0.288 bits per heavy atom. The quantitative estimate of drug-likeness (QED) is 0.233. The van der Waals surface area contributed by atoms with Crippen LogP contribution in [0.15, 0.2) is 26.2 Å². The van der Waals surface area contributed by atoms with Gasteiger partial charge in [-0.2, -0.15) is 0 Å². The van der Waals surface area contributed by atoms with Gasteiger partial charge in [-0.25, -0.2) is 34.6 Å². The molecule has 0 aliphatic carbocycles. The van der Waals surface area contributed by atoms with Crippen molar-refractivity contribution in [1.82, 2.24) is 0 Å². The summed E-state index contributed by atoms with van der Waals surface area (Å²) in [4.78, 5) is 0. The van der Waals surface area contributed by atoms with Crippen molar-refractivity contribution in [3.63, 3.8) is 0 Å². The zero-order valence-electron chi connectivity index (χ0n) is 41.4. The molecule has 0 saturated carbocycles. The highest BCUT2D eigenvalue weighted by atomic mass is 32.2. The van der Waals surface area contributed by atoms with Crippen LogP contribution in [0.25, 0.3) is 0 Å². The largest absolute Gasteiger partial charge is 0.250 e. The Kier molecular flexibility index (Phi) is 36.8. The molecule has 6 aliphatic rings. The van der Waals surface area contributed by atoms with E-state index < -0.39 is 58.4 Å². The molecule has 59 heavy (non-hydrogen) atoms. The van der Waals surface area contributed by atoms with Gasteiger partial charge in [-0.3, -0.25) is 16.8 Å². The molecule has 6 rings (SSSR count). The molecule has 0 fully saturated rings. The standard InChI is InChI=1S/C8H17NOS.C7H15NOS.2C5H11NOS.2C4H9NOS.4C2H6/c1-8(2,3)11(10)7-5-4-6-9-11;1-7(2,3)10(9)6-4-5-8-10;2*1-8(7)5-3-2-4-6-8;2*1-7(6)4-2-3-5-7;4*1-2/h4-7H2,1-3H3;4-6H2,1-3H3;2*2-5H2,1H3;2*2-4H2,1H3;4*1-2H3/t;;2*8-;2*7-;;;;/m..1010..../s1. The van der Waals surface area contributed by atoms with E-state index in [1.165, 1.54) is 0 Å². The Labute approximate surface area is 370 Å². The highest BCUT2D eigenvalue weighted by Crippen LogP contribution is 2.24. The summed E-state index contributed by atoms with van der Waals surface area (Å²) in [5.41, 5.74) is 0. The highest BCUT2D eigenvalue weighted by molar-refractivity contribution is 7.95. The van der Waals surface area contributed by atoms with Crippen molar-refractivity contribution >= 4 is 58.4 Å². The molecule has 0 bridgehead atoms. The maximum absolute atomic E-state index is 12.1. The Bertz CT molecular complexity index is 1780. The van der Waals surface area contributed by atoms with Crippen LogP contribution in [0, 0.1) is 0 Å². The summed E-state index contributed by atoms with van der Waals surface area (Å²) >= 11 is 0. The van der Waals surface area contributed by atoms with E-state index in [0.29, 0.717) is 0 Å². The predicted octanol–water partition coefficient (Wildman–Crippen LogP) is 10.5. The molecule has 0 aromatic rings. The second kappa shape index (κ2) is 33.2. The lowest BCUT2D eigenvalue weighted by Crippen LogP contribution is -2.32. The van der Waals surface area contributed by atoms with Gasteiger partial charge in [0.15, 0.2) is 0 Å². The normalized spacial score (nSPS) is 32.4. The average Bonchev–Trinajstić information content (AvgIpc) is 3.93. The molecule has 0 N–H and O–H groups in total. The smallest absolute Gasteiger partial charge is 0.0518 e. The van der Waals surface area contributed by atoms with Crippen LogP contribution >= 0.6 is 0 Å². The minimum Gasteiger partial charge on any atom is -0.250 e. The van der Waals surface area contributed by atoms with E-state index in [1.807, 2.05) is 96.9 Å². The van der Waals surface area contributed by atoms with E-state index in [-0.39, 0.29) is 9.49 Å². The first-order valence-corrected chi connectivity index (χ1v) is 34.0. The summed E-state index contributed by atoms with van der Waals surface area (Å²) in [6.45, 7) is 32.9. The van der Waals surface area contributed by atoms with Crippen molar-refractivity contribution in [2.45, 2.75) is 164 Å². The molecule has 0 aromatic heterocycles. The molecule has 12 nitrogen and oxygen atoms in total. The van der Waals surface area contributed by atoms with Gasteiger partial charge < -0.3 is 0 Å². The first kappa shape index (κ1) is 65.3. The molecule has 0 radical (unpaired) electrons.